The Morgan fingerprint density at radius 2 is 1.89 bits per heavy atom. The summed E-state index contributed by atoms with van der Waals surface area (Å²) in [5.74, 6) is -0.0997. The fourth-order valence-corrected chi connectivity index (χ4v) is 1.58. The highest BCUT2D eigenvalue weighted by Gasteiger charge is 2.17. The fourth-order valence-electron chi connectivity index (χ4n) is 1.58. The predicted octanol–water partition coefficient (Wildman–Crippen LogP) is 2.06. The van der Waals surface area contributed by atoms with E-state index in [0.29, 0.717) is 18.0 Å². The van der Waals surface area contributed by atoms with Gasteiger partial charge in [-0.25, -0.2) is 0 Å². The number of benzene rings is 1. The molecule has 0 spiro atoms. The predicted molar refractivity (Wildman–Crippen MR) is 67.9 cm³/mol. The van der Waals surface area contributed by atoms with Gasteiger partial charge in [0.15, 0.2) is 0 Å². The van der Waals surface area contributed by atoms with Gasteiger partial charge in [0, 0.05) is 0 Å². The van der Waals surface area contributed by atoms with Gasteiger partial charge in [-0.2, -0.15) is 8.78 Å². The zero-order valence-electron chi connectivity index (χ0n) is 10.9. The number of amides is 1. The third kappa shape index (κ3) is 5.21. The van der Waals surface area contributed by atoms with Gasteiger partial charge in [-0.3, -0.25) is 4.79 Å². The first-order valence-corrected chi connectivity index (χ1v) is 5.97. The number of primary amides is 1. The molecule has 1 aromatic rings. The van der Waals surface area contributed by atoms with Crippen LogP contribution in [0, 0.1) is 5.92 Å². The highest BCUT2D eigenvalue weighted by Crippen LogP contribution is 2.19. The lowest BCUT2D eigenvalue weighted by Crippen LogP contribution is -2.35. The number of nitrogens with one attached hydrogen (secondary N) is 1. The normalized spacial score (nSPS) is 12.7. The van der Waals surface area contributed by atoms with E-state index in [9.17, 15) is 13.6 Å². The summed E-state index contributed by atoms with van der Waals surface area (Å²) in [5.41, 5.74) is 5.94. The second kappa shape index (κ2) is 7.04. The minimum absolute atomic E-state index is 0.0471. The van der Waals surface area contributed by atoms with Gasteiger partial charge < -0.3 is 15.8 Å². The van der Waals surface area contributed by atoms with E-state index in [2.05, 4.69) is 10.1 Å². The maximum Gasteiger partial charge on any atom is 0.387 e. The van der Waals surface area contributed by atoms with E-state index in [4.69, 9.17) is 5.73 Å². The molecule has 1 atom stereocenters. The van der Waals surface area contributed by atoms with Crippen LogP contribution in [0.1, 0.15) is 25.5 Å². The van der Waals surface area contributed by atoms with Gasteiger partial charge in [0.2, 0.25) is 5.91 Å². The van der Waals surface area contributed by atoms with Crippen LogP contribution in [0.25, 0.3) is 0 Å². The Hall–Kier alpha value is -1.69. The quantitative estimate of drug-likeness (QED) is 0.798. The Bertz CT molecular complexity index is 408. The summed E-state index contributed by atoms with van der Waals surface area (Å²) in [6.45, 7) is 1.77. The van der Waals surface area contributed by atoms with Crippen LogP contribution in [0.4, 0.5) is 8.78 Å². The molecule has 0 aliphatic carbocycles. The van der Waals surface area contributed by atoms with Crippen LogP contribution in [0.3, 0.4) is 0 Å². The Kier molecular flexibility index (Phi) is 5.69. The Labute approximate surface area is 110 Å². The van der Waals surface area contributed by atoms with Crippen LogP contribution in [0.15, 0.2) is 24.3 Å². The Morgan fingerprint density at radius 1 is 1.32 bits per heavy atom. The summed E-state index contributed by atoms with van der Waals surface area (Å²) < 4.78 is 28.3. The van der Waals surface area contributed by atoms with E-state index >= 15 is 0 Å². The van der Waals surface area contributed by atoms with E-state index < -0.39 is 18.6 Å². The molecule has 0 bridgehead atoms. The van der Waals surface area contributed by atoms with Crippen LogP contribution < -0.4 is 15.8 Å². The van der Waals surface area contributed by atoms with E-state index in [-0.39, 0.29) is 5.75 Å². The molecule has 1 amide bonds. The average Bonchev–Trinajstić information content (AvgIpc) is 2.29. The van der Waals surface area contributed by atoms with Crippen LogP contribution in [-0.4, -0.2) is 19.1 Å². The van der Waals surface area contributed by atoms with E-state index in [1.54, 1.807) is 12.1 Å². The van der Waals surface area contributed by atoms with Crippen molar-refractivity contribution in [2.45, 2.75) is 26.5 Å². The van der Waals surface area contributed by atoms with Crippen molar-refractivity contribution < 1.29 is 18.3 Å². The number of hydrogen-bond acceptors (Lipinski definition) is 3. The number of rotatable bonds is 7. The van der Waals surface area contributed by atoms with Crippen LogP contribution in [0.5, 0.6) is 5.75 Å². The third-order valence-corrected chi connectivity index (χ3v) is 2.45. The second-order valence-electron chi connectivity index (χ2n) is 4.59. The van der Waals surface area contributed by atoms with E-state index in [1.807, 2.05) is 13.8 Å². The molecule has 1 rings (SSSR count). The molecule has 0 saturated carbocycles. The molecule has 1 unspecified atom stereocenters. The van der Waals surface area contributed by atoms with Gasteiger partial charge in [0.25, 0.3) is 0 Å². The zero-order chi connectivity index (χ0) is 14.4. The van der Waals surface area contributed by atoms with Crippen LogP contribution in [0.2, 0.25) is 0 Å². The molecule has 1 aromatic carbocycles. The van der Waals surface area contributed by atoms with Crippen molar-refractivity contribution in [3.8, 4) is 5.75 Å². The smallest absolute Gasteiger partial charge is 0.387 e. The molecule has 6 heteroatoms. The van der Waals surface area contributed by atoms with Gasteiger partial charge in [-0.1, -0.05) is 26.0 Å². The number of carbonyl (C=O) groups excluding carboxylic acids is 1. The van der Waals surface area contributed by atoms with Crippen molar-refractivity contribution in [3.63, 3.8) is 0 Å². The monoisotopic (exact) mass is 272 g/mol. The first-order valence-electron chi connectivity index (χ1n) is 5.97. The molecule has 19 heavy (non-hydrogen) atoms. The van der Waals surface area contributed by atoms with E-state index in [1.165, 1.54) is 12.1 Å². The first-order chi connectivity index (χ1) is 8.90. The summed E-state index contributed by atoms with van der Waals surface area (Å²) in [7, 11) is 0. The van der Waals surface area contributed by atoms with Crippen LogP contribution >= 0.6 is 0 Å². The highest BCUT2D eigenvalue weighted by atomic mass is 19.3. The number of hydrogen-bond donors (Lipinski definition) is 2. The lowest BCUT2D eigenvalue weighted by Gasteiger charge is -2.17. The highest BCUT2D eigenvalue weighted by molar-refractivity contribution is 5.81. The fraction of sp³-hybridized carbons (Fsp3) is 0.462. The zero-order valence-corrected chi connectivity index (χ0v) is 10.9. The number of alkyl halides is 2. The third-order valence-electron chi connectivity index (χ3n) is 2.45. The van der Waals surface area contributed by atoms with Gasteiger partial charge in [0.1, 0.15) is 11.8 Å². The molecule has 106 valence electrons. The van der Waals surface area contributed by atoms with Crippen molar-refractivity contribution in [1.29, 1.82) is 0 Å². The van der Waals surface area contributed by atoms with E-state index in [0.717, 1.165) is 0 Å². The molecule has 4 nitrogen and oxygen atoms in total. The van der Waals surface area contributed by atoms with Gasteiger partial charge in [-0.05, 0) is 30.2 Å². The molecule has 0 aliphatic rings. The maximum absolute atomic E-state index is 12.0. The number of ether oxygens (including phenoxy) is 1. The molecular formula is C13H18F2N2O2. The Morgan fingerprint density at radius 3 is 2.32 bits per heavy atom. The van der Waals surface area contributed by atoms with Gasteiger partial charge in [0.05, 0.1) is 0 Å². The molecule has 3 N–H and O–H groups in total. The summed E-state index contributed by atoms with van der Waals surface area (Å²) in [6.07, 6.45) is 0. The number of halogens is 2. The molecule has 0 saturated heterocycles. The number of nitrogens with two attached hydrogens (primary N) is 1. The average molecular weight is 272 g/mol. The molecule has 0 fully saturated rings. The summed E-state index contributed by atoms with van der Waals surface area (Å²) in [5, 5.41) is 3.03. The van der Waals surface area contributed by atoms with Crippen molar-refractivity contribution in [3.05, 3.63) is 29.8 Å². The topological polar surface area (TPSA) is 64.3 Å². The SMILES string of the molecule is CC(C)CNC(C(N)=O)c1ccc(OC(F)F)cc1. The summed E-state index contributed by atoms with van der Waals surface area (Å²) in [4.78, 5) is 11.4. The lowest BCUT2D eigenvalue weighted by atomic mass is 10.1. The van der Waals surface area contributed by atoms with Crippen molar-refractivity contribution in [2.24, 2.45) is 11.7 Å². The van der Waals surface area contributed by atoms with Gasteiger partial charge in [-0.15, -0.1) is 0 Å². The van der Waals surface area contributed by atoms with Crippen LogP contribution in [-0.2, 0) is 4.79 Å². The maximum atomic E-state index is 12.0. The molecular weight excluding hydrogens is 254 g/mol. The summed E-state index contributed by atoms with van der Waals surface area (Å²) >= 11 is 0. The van der Waals surface area contributed by atoms with Gasteiger partial charge >= 0.3 is 6.61 Å². The molecule has 0 heterocycles. The largest absolute Gasteiger partial charge is 0.435 e. The molecule has 0 aromatic heterocycles. The minimum atomic E-state index is -2.86. The lowest BCUT2D eigenvalue weighted by molar-refractivity contribution is -0.120. The minimum Gasteiger partial charge on any atom is -0.435 e. The standard InChI is InChI=1S/C13H18F2N2O2/c1-8(2)7-17-11(12(16)18)9-3-5-10(6-4-9)19-13(14)15/h3-6,8,11,13,17H,7H2,1-2H3,(H2,16,18). The number of carbonyl (C=O) groups is 1. The summed E-state index contributed by atoms with van der Waals surface area (Å²) in [6, 6.07) is 5.21. The first kappa shape index (κ1) is 15.4. The molecule has 0 radical (unpaired) electrons. The molecule has 0 aliphatic heterocycles. The van der Waals surface area contributed by atoms with Crippen molar-refractivity contribution >= 4 is 5.91 Å². The van der Waals surface area contributed by atoms with Crippen molar-refractivity contribution in [2.75, 3.05) is 6.54 Å². The second-order valence-corrected chi connectivity index (χ2v) is 4.59. The van der Waals surface area contributed by atoms with Crippen molar-refractivity contribution in [1.82, 2.24) is 5.32 Å². The Balaban J connectivity index is 2.76.